The van der Waals surface area contributed by atoms with Crippen LogP contribution in [0.15, 0.2) is 42.5 Å². The highest BCUT2D eigenvalue weighted by Gasteiger charge is 2.19. The molecule has 2 rings (SSSR count). The molecule has 2 aromatic carbocycles. The molecule has 0 aliphatic rings. The molecule has 0 bridgehead atoms. The molecule has 24 heavy (non-hydrogen) atoms. The Morgan fingerprint density at radius 2 is 1.88 bits per heavy atom. The smallest absolute Gasteiger partial charge is 0.338 e. The SMILES string of the molecule is Cc1ccc(CNC(=O)[C@H](C)OC(=O)c2ccc(Cl)c(N)c2)cc1. The second kappa shape index (κ2) is 7.84. The summed E-state index contributed by atoms with van der Waals surface area (Å²) in [7, 11) is 0. The Labute approximate surface area is 145 Å². The normalized spacial score (nSPS) is 11.6. The zero-order chi connectivity index (χ0) is 17.7. The van der Waals surface area contributed by atoms with E-state index in [-0.39, 0.29) is 17.2 Å². The van der Waals surface area contributed by atoms with Gasteiger partial charge in [-0.3, -0.25) is 4.79 Å². The lowest BCUT2D eigenvalue weighted by atomic mass is 10.1. The quantitative estimate of drug-likeness (QED) is 0.644. The summed E-state index contributed by atoms with van der Waals surface area (Å²) in [5.74, 6) is -0.998. The van der Waals surface area contributed by atoms with Crippen LogP contribution in [0.5, 0.6) is 0 Å². The first kappa shape index (κ1) is 17.8. The minimum Gasteiger partial charge on any atom is -0.449 e. The third kappa shape index (κ3) is 4.73. The van der Waals surface area contributed by atoms with Gasteiger partial charge in [-0.15, -0.1) is 0 Å². The molecule has 2 aromatic rings. The van der Waals surface area contributed by atoms with E-state index < -0.39 is 12.1 Å². The minimum atomic E-state index is -0.917. The summed E-state index contributed by atoms with van der Waals surface area (Å²) >= 11 is 5.81. The molecule has 0 aliphatic heterocycles. The van der Waals surface area contributed by atoms with Crippen LogP contribution in [0.25, 0.3) is 0 Å². The van der Waals surface area contributed by atoms with Gasteiger partial charge >= 0.3 is 5.97 Å². The zero-order valence-electron chi connectivity index (χ0n) is 13.5. The largest absolute Gasteiger partial charge is 0.449 e. The van der Waals surface area contributed by atoms with Crippen LogP contribution < -0.4 is 11.1 Å². The van der Waals surface area contributed by atoms with Crippen molar-refractivity contribution in [3.8, 4) is 0 Å². The molecule has 0 aliphatic carbocycles. The van der Waals surface area contributed by atoms with Crippen LogP contribution in [0.4, 0.5) is 5.69 Å². The van der Waals surface area contributed by atoms with E-state index in [1.54, 1.807) is 0 Å². The maximum atomic E-state index is 12.0. The number of halogens is 1. The number of amides is 1. The highest BCUT2D eigenvalue weighted by atomic mass is 35.5. The van der Waals surface area contributed by atoms with Gasteiger partial charge in [0.1, 0.15) is 0 Å². The topological polar surface area (TPSA) is 81.4 Å². The lowest BCUT2D eigenvalue weighted by Gasteiger charge is -2.14. The molecule has 0 unspecified atom stereocenters. The third-order valence-corrected chi connectivity index (χ3v) is 3.82. The number of rotatable bonds is 5. The van der Waals surface area contributed by atoms with Gasteiger partial charge in [0.2, 0.25) is 0 Å². The van der Waals surface area contributed by atoms with Crippen molar-refractivity contribution in [2.75, 3.05) is 5.73 Å². The minimum absolute atomic E-state index is 0.245. The van der Waals surface area contributed by atoms with Gasteiger partial charge in [0.25, 0.3) is 5.91 Å². The maximum absolute atomic E-state index is 12.0. The number of nitrogens with one attached hydrogen (secondary N) is 1. The first-order valence-electron chi connectivity index (χ1n) is 7.46. The van der Waals surface area contributed by atoms with Crippen molar-refractivity contribution in [1.29, 1.82) is 0 Å². The van der Waals surface area contributed by atoms with E-state index in [9.17, 15) is 9.59 Å². The Kier molecular flexibility index (Phi) is 5.82. The lowest BCUT2D eigenvalue weighted by Crippen LogP contribution is -2.35. The van der Waals surface area contributed by atoms with E-state index in [4.69, 9.17) is 22.1 Å². The van der Waals surface area contributed by atoms with E-state index in [1.165, 1.54) is 25.1 Å². The molecule has 0 heterocycles. The molecule has 0 radical (unpaired) electrons. The Hall–Kier alpha value is -2.53. The maximum Gasteiger partial charge on any atom is 0.338 e. The highest BCUT2D eigenvalue weighted by Crippen LogP contribution is 2.20. The zero-order valence-corrected chi connectivity index (χ0v) is 14.3. The van der Waals surface area contributed by atoms with Crippen molar-refractivity contribution in [2.45, 2.75) is 26.5 Å². The Balaban J connectivity index is 1.89. The second-order valence-corrected chi connectivity index (χ2v) is 5.89. The average Bonchev–Trinajstić information content (AvgIpc) is 2.56. The van der Waals surface area contributed by atoms with Gasteiger partial charge in [-0.1, -0.05) is 41.4 Å². The fourth-order valence-corrected chi connectivity index (χ4v) is 2.11. The molecule has 3 N–H and O–H groups in total. The Morgan fingerprint density at radius 3 is 2.50 bits per heavy atom. The average molecular weight is 347 g/mol. The summed E-state index contributed by atoms with van der Waals surface area (Å²) in [5.41, 5.74) is 8.30. The summed E-state index contributed by atoms with van der Waals surface area (Å²) in [6.07, 6.45) is -0.917. The third-order valence-electron chi connectivity index (χ3n) is 3.47. The van der Waals surface area contributed by atoms with Crippen LogP contribution in [0, 0.1) is 6.92 Å². The number of nitrogen functional groups attached to an aromatic ring is 1. The van der Waals surface area contributed by atoms with Crippen LogP contribution in [0.3, 0.4) is 0 Å². The van der Waals surface area contributed by atoms with Crippen molar-refractivity contribution in [1.82, 2.24) is 5.32 Å². The summed E-state index contributed by atoms with van der Waals surface area (Å²) in [6.45, 7) is 3.88. The number of hydrogen-bond donors (Lipinski definition) is 2. The number of anilines is 1. The van der Waals surface area contributed by atoms with Gasteiger partial charge in [0.05, 0.1) is 16.3 Å². The van der Waals surface area contributed by atoms with Crippen molar-refractivity contribution in [3.05, 3.63) is 64.2 Å². The molecule has 5 nitrogen and oxygen atoms in total. The summed E-state index contributed by atoms with van der Waals surface area (Å²) < 4.78 is 5.15. The van der Waals surface area contributed by atoms with E-state index in [0.717, 1.165) is 11.1 Å². The molecule has 0 aromatic heterocycles. The van der Waals surface area contributed by atoms with Crippen LogP contribution in [-0.2, 0) is 16.1 Å². The van der Waals surface area contributed by atoms with E-state index in [0.29, 0.717) is 11.6 Å². The van der Waals surface area contributed by atoms with E-state index in [1.807, 2.05) is 31.2 Å². The number of nitrogens with two attached hydrogens (primary N) is 1. The first-order chi connectivity index (χ1) is 11.4. The molecule has 0 fully saturated rings. The molecule has 0 saturated heterocycles. The van der Waals surface area contributed by atoms with Gasteiger partial charge in [-0.05, 0) is 37.6 Å². The molecule has 126 valence electrons. The molecule has 1 amide bonds. The van der Waals surface area contributed by atoms with E-state index >= 15 is 0 Å². The van der Waals surface area contributed by atoms with Crippen molar-refractivity contribution < 1.29 is 14.3 Å². The van der Waals surface area contributed by atoms with Crippen LogP contribution >= 0.6 is 11.6 Å². The number of aryl methyl sites for hydroxylation is 1. The summed E-state index contributed by atoms with van der Waals surface area (Å²) in [6, 6.07) is 12.2. The number of esters is 1. The van der Waals surface area contributed by atoms with Crippen molar-refractivity contribution in [3.63, 3.8) is 0 Å². The molecule has 6 heteroatoms. The monoisotopic (exact) mass is 346 g/mol. The number of hydrogen-bond acceptors (Lipinski definition) is 4. The number of benzene rings is 2. The molecular formula is C18H19ClN2O3. The van der Waals surface area contributed by atoms with Crippen LogP contribution in [0.1, 0.15) is 28.4 Å². The number of carbonyl (C=O) groups is 2. The fourth-order valence-electron chi connectivity index (χ4n) is 1.99. The Bertz CT molecular complexity index is 744. The highest BCUT2D eigenvalue weighted by molar-refractivity contribution is 6.33. The molecule has 1 atom stereocenters. The summed E-state index contributed by atoms with van der Waals surface area (Å²) in [5, 5.41) is 3.09. The fraction of sp³-hybridized carbons (Fsp3) is 0.222. The van der Waals surface area contributed by atoms with Crippen molar-refractivity contribution in [2.24, 2.45) is 0 Å². The van der Waals surface area contributed by atoms with Crippen molar-refractivity contribution >= 4 is 29.2 Å². The van der Waals surface area contributed by atoms with Gasteiger partial charge in [0.15, 0.2) is 6.10 Å². The van der Waals surface area contributed by atoms with Gasteiger partial charge in [-0.25, -0.2) is 4.79 Å². The van der Waals surface area contributed by atoms with Crippen LogP contribution in [0.2, 0.25) is 5.02 Å². The van der Waals surface area contributed by atoms with Gasteiger partial charge < -0.3 is 15.8 Å². The summed E-state index contributed by atoms with van der Waals surface area (Å²) in [4.78, 5) is 24.1. The number of ether oxygens (including phenoxy) is 1. The molecular weight excluding hydrogens is 328 g/mol. The first-order valence-corrected chi connectivity index (χ1v) is 7.84. The predicted molar refractivity (Wildman–Crippen MR) is 93.8 cm³/mol. The molecule has 0 saturated carbocycles. The van der Waals surface area contributed by atoms with Gasteiger partial charge in [0, 0.05) is 6.54 Å². The predicted octanol–water partition coefficient (Wildman–Crippen LogP) is 3.09. The van der Waals surface area contributed by atoms with Gasteiger partial charge in [-0.2, -0.15) is 0 Å². The number of carbonyl (C=O) groups excluding carboxylic acids is 2. The lowest BCUT2D eigenvalue weighted by molar-refractivity contribution is -0.129. The van der Waals surface area contributed by atoms with Crippen LogP contribution in [-0.4, -0.2) is 18.0 Å². The van der Waals surface area contributed by atoms with E-state index in [2.05, 4.69) is 5.32 Å². The second-order valence-electron chi connectivity index (χ2n) is 5.49. The molecule has 0 spiro atoms. The standard InChI is InChI=1S/C18H19ClN2O3/c1-11-3-5-13(6-4-11)10-21-17(22)12(2)24-18(23)14-7-8-15(19)16(20)9-14/h3-9,12H,10,20H2,1-2H3,(H,21,22)/t12-/m0/s1. The Morgan fingerprint density at radius 1 is 1.21 bits per heavy atom.